The van der Waals surface area contributed by atoms with Crippen LogP contribution in [0.15, 0.2) is 36.7 Å². The molecule has 2 aromatic heterocycles. The van der Waals surface area contributed by atoms with Gasteiger partial charge in [0.25, 0.3) is 0 Å². The van der Waals surface area contributed by atoms with E-state index in [0.717, 1.165) is 38.5 Å². The fraction of sp³-hybridized carbons (Fsp3) is 0.481. The van der Waals surface area contributed by atoms with Crippen molar-refractivity contribution in [2.24, 2.45) is 5.92 Å². The predicted molar refractivity (Wildman–Crippen MR) is 131 cm³/mol. The Kier molecular flexibility index (Phi) is 7.18. The number of ether oxygens (including phenoxy) is 1. The number of aromatic nitrogens is 3. The quantitative estimate of drug-likeness (QED) is 0.435. The van der Waals surface area contributed by atoms with Crippen molar-refractivity contribution in [1.29, 1.82) is 0 Å². The number of halogens is 1. The number of hydrogen-bond donors (Lipinski definition) is 2. The Labute approximate surface area is 204 Å². The van der Waals surface area contributed by atoms with Gasteiger partial charge in [0, 0.05) is 35.9 Å². The Hall–Kier alpha value is -3.13. The molecule has 35 heavy (non-hydrogen) atoms. The second kappa shape index (κ2) is 10.6. The van der Waals surface area contributed by atoms with Crippen LogP contribution in [-0.2, 0) is 28.8 Å². The van der Waals surface area contributed by atoms with Crippen LogP contribution in [0, 0.1) is 11.7 Å². The molecule has 0 saturated heterocycles. The molecule has 0 aliphatic heterocycles. The van der Waals surface area contributed by atoms with Crippen molar-refractivity contribution in [3.05, 3.63) is 59.4 Å². The number of carboxylic acid groups (broad SMARTS) is 1. The average molecular weight is 479 g/mol. The molecule has 0 bridgehead atoms. The van der Waals surface area contributed by atoms with E-state index in [4.69, 9.17) is 9.72 Å². The lowest BCUT2D eigenvalue weighted by Crippen LogP contribution is -2.35. The highest BCUT2D eigenvalue weighted by Crippen LogP contribution is 2.34. The van der Waals surface area contributed by atoms with E-state index < -0.39 is 17.8 Å². The Bertz CT molecular complexity index is 1200. The molecule has 1 unspecified atom stereocenters. The van der Waals surface area contributed by atoms with Crippen molar-refractivity contribution in [2.45, 2.75) is 69.9 Å². The second-order valence-corrected chi connectivity index (χ2v) is 9.69. The van der Waals surface area contributed by atoms with Crippen LogP contribution < -0.4 is 5.32 Å². The molecule has 1 fully saturated rings. The van der Waals surface area contributed by atoms with Crippen LogP contribution in [0.3, 0.4) is 0 Å². The van der Waals surface area contributed by atoms with Gasteiger partial charge >= 0.3 is 5.97 Å². The molecule has 5 rings (SSSR count). The Morgan fingerprint density at radius 2 is 2.03 bits per heavy atom. The summed E-state index contributed by atoms with van der Waals surface area (Å²) < 4.78 is 19.4. The van der Waals surface area contributed by atoms with E-state index in [9.17, 15) is 14.3 Å². The van der Waals surface area contributed by atoms with Crippen molar-refractivity contribution in [3.63, 3.8) is 0 Å². The van der Waals surface area contributed by atoms with E-state index in [1.165, 1.54) is 48.3 Å². The standard InChI is InChI=1S/C27H31FN4O3/c28-19-7-10-22-25(15-19)29-16-30-26(22)32-24(27(33)34)11-12-35-21-13-17(14-21)5-8-20-9-6-18-3-1-2-4-23(18)31-20/h6-7,9-10,15-17,21,24H,1-5,8,11-14H2,(H,33,34)(H,29,30,32). The molecule has 184 valence electrons. The minimum atomic E-state index is -0.980. The van der Waals surface area contributed by atoms with E-state index in [0.29, 0.717) is 35.7 Å². The van der Waals surface area contributed by atoms with Crippen LogP contribution in [0.1, 0.15) is 55.5 Å². The molecule has 2 heterocycles. The van der Waals surface area contributed by atoms with E-state index in [1.807, 2.05) is 0 Å². The van der Waals surface area contributed by atoms with Crippen molar-refractivity contribution < 1.29 is 19.0 Å². The lowest BCUT2D eigenvalue weighted by molar-refractivity contribution is -0.138. The van der Waals surface area contributed by atoms with Gasteiger partial charge < -0.3 is 15.2 Å². The first kappa shape index (κ1) is 23.6. The summed E-state index contributed by atoms with van der Waals surface area (Å²) in [6.07, 6.45) is 10.7. The first-order chi connectivity index (χ1) is 17.0. The number of aryl methyl sites for hydroxylation is 3. The van der Waals surface area contributed by atoms with Crippen LogP contribution in [0.5, 0.6) is 0 Å². The van der Waals surface area contributed by atoms with Crippen LogP contribution in [0.25, 0.3) is 10.9 Å². The van der Waals surface area contributed by atoms with Crippen molar-refractivity contribution >= 4 is 22.7 Å². The lowest BCUT2D eigenvalue weighted by Gasteiger charge is -2.35. The molecule has 0 amide bonds. The summed E-state index contributed by atoms with van der Waals surface area (Å²) in [5.74, 6) is -0.365. The number of aliphatic carboxylic acids is 1. The number of hydrogen-bond acceptors (Lipinski definition) is 6. The molecule has 8 heteroatoms. The maximum absolute atomic E-state index is 13.5. The first-order valence-corrected chi connectivity index (χ1v) is 12.5. The van der Waals surface area contributed by atoms with E-state index in [-0.39, 0.29) is 6.10 Å². The van der Waals surface area contributed by atoms with Crippen molar-refractivity contribution in [1.82, 2.24) is 15.0 Å². The smallest absolute Gasteiger partial charge is 0.326 e. The van der Waals surface area contributed by atoms with Crippen LogP contribution in [0.4, 0.5) is 10.2 Å². The van der Waals surface area contributed by atoms with E-state index in [1.54, 1.807) is 6.07 Å². The molecular formula is C27H31FN4O3. The lowest BCUT2D eigenvalue weighted by atomic mass is 9.79. The number of nitrogens with zero attached hydrogens (tertiary/aromatic N) is 3. The van der Waals surface area contributed by atoms with Gasteiger partial charge in [0.15, 0.2) is 0 Å². The van der Waals surface area contributed by atoms with Gasteiger partial charge in [-0.2, -0.15) is 0 Å². The zero-order chi connectivity index (χ0) is 24.2. The average Bonchev–Trinajstić information content (AvgIpc) is 2.83. The number of carbonyl (C=O) groups is 1. The van der Waals surface area contributed by atoms with Gasteiger partial charge in [-0.1, -0.05) is 6.07 Å². The summed E-state index contributed by atoms with van der Waals surface area (Å²) in [6.45, 7) is 0.353. The monoisotopic (exact) mass is 478 g/mol. The Morgan fingerprint density at radius 1 is 1.17 bits per heavy atom. The first-order valence-electron chi connectivity index (χ1n) is 12.5. The van der Waals surface area contributed by atoms with Gasteiger partial charge in [-0.25, -0.2) is 19.2 Å². The highest BCUT2D eigenvalue weighted by Gasteiger charge is 2.30. The number of anilines is 1. The minimum absolute atomic E-state index is 0.189. The van der Waals surface area contributed by atoms with Crippen molar-refractivity contribution in [3.8, 4) is 0 Å². The second-order valence-electron chi connectivity index (χ2n) is 9.69. The summed E-state index contributed by atoms with van der Waals surface area (Å²) in [5, 5.41) is 13.2. The fourth-order valence-electron chi connectivity index (χ4n) is 5.09. The largest absolute Gasteiger partial charge is 0.480 e. The van der Waals surface area contributed by atoms with Crippen molar-refractivity contribution in [2.75, 3.05) is 11.9 Å². The highest BCUT2D eigenvalue weighted by atomic mass is 19.1. The van der Waals surface area contributed by atoms with Gasteiger partial charge in [-0.05, 0) is 81.0 Å². The molecule has 0 spiro atoms. The molecular weight excluding hydrogens is 447 g/mol. The maximum Gasteiger partial charge on any atom is 0.326 e. The van der Waals surface area contributed by atoms with Gasteiger partial charge in [0.2, 0.25) is 0 Å². The van der Waals surface area contributed by atoms with Gasteiger partial charge in [-0.15, -0.1) is 0 Å². The minimum Gasteiger partial charge on any atom is -0.480 e. The van der Waals surface area contributed by atoms with Crippen LogP contribution in [-0.4, -0.2) is 44.8 Å². The van der Waals surface area contributed by atoms with E-state index in [2.05, 4.69) is 27.4 Å². The van der Waals surface area contributed by atoms with Gasteiger partial charge in [0.05, 0.1) is 11.6 Å². The third-order valence-corrected chi connectivity index (χ3v) is 7.20. The molecule has 2 aliphatic carbocycles. The number of rotatable bonds is 10. The van der Waals surface area contributed by atoms with Gasteiger partial charge in [0.1, 0.15) is 24.0 Å². The third kappa shape index (κ3) is 5.75. The van der Waals surface area contributed by atoms with Crippen LogP contribution >= 0.6 is 0 Å². The Morgan fingerprint density at radius 3 is 2.89 bits per heavy atom. The van der Waals surface area contributed by atoms with E-state index >= 15 is 0 Å². The molecule has 1 aromatic carbocycles. The third-order valence-electron chi connectivity index (χ3n) is 7.20. The predicted octanol–water partition coefficient (Wildman–Crippen LogP) is 4.73. The highest BCUT2D eigenvalue weighted by molar-refractivity contribution is 5.90. The molecule has 2 aliphatic rings. The zero-order valence-corrected chi connectivity index (χ0v) is 19.8. The maximum atomic E-state index is 13.5. The van der Waals surface area contributed by atoms with Crippen LogP contribution in [0.2, 0.25) is 0 Å². The molecule has 1 atom stereocenters. The molecule has 7 nitrogen and oxygen atoms in total. The summed E-state index contributed by atoms with van der Waals surface area (Å²) in [5.41, 5.74) is 4.35. The number of benzene rings is 1. The number of carboxylic acids is 1. The Balaban J connectivity index is 1.05. The van der Waals surface area contributed by atoms with Gasteiger partial charge in [-0.3, -0.25) is 4.98 Å². The fourth-order valence-corrected chi connectivity index (χ4v) is 5.09. The summed E-state index contributed by atoms with van der Waals surface area (Å²) >= 11 is 0. The number of nitrogens with one attached hydrogen (secondary N) is 1. The summed E-state index contributed by atoms with van der Waals surface area (Å²) in [7, 11) is 0. The summed E-state index contributed by atoms with van der Waals surface area (Å²) in [4.78, 5) is 24.9. The molecule has 3 aromatic rings. The topological polar surface area (TPSA) is 97.2 Å². The zero-order valence-electron chi connectivity index (χ0n) is 19.8. The SMILES string of the molecule is O=C(O)C(CCOC1CC(CCc2ccc3c(n2)CCCC3)C1)Nc1ncnc2cc(F)ccc12. The summed E-state index contributed by atoms with van der Waals surface area (Å²) in [6, 6.07) is 7.76. The molecule has 1 saturated carbocycles. The normalized spacial score (nSPS) is 20.1. The molecule has 0 radical (unpaired) electrons. The number of pyridine rings is 1. The number of fused-ring (bicyclic) bond motifs is 2. The molecule has 2 N–H and O–H groups in total.